The fraction of sp³-hybridized carbons (Fsp3) is 0.583. The summed E-state index contributed by atoms with van der Waals surface area (Å²) in [6.07, 6.45) is 9.51. The zero-order valence-electron chi connectivity index (χ0n) is 17.8. The van der Waals surface area contributed by atoms with Crippen molar-refractivity contribution in [2.45, 2.75) is 72.1 Å². The number of aryl methyl sites for hydroxylation is 1. The number of hydrogen-bond acceptors (Lipinski definition) is 2. The molecule has 1 aromatic carbocycles. The third kappa shape index (κ3) is 10.1. The van der Waals surface area contributed by atoms with Crippen LogP contribution in [-0.2, 0) is 6.42 Å². The zero-order chi connectivity index (χ0) is 19.4. The Kier molecular flexibility index (Phi) is 11.5. The topological polar surface area (TPSA) is 12.0 Å². The van der Waals surface area contributed by atoms with Gasteiger partial charge in [-0.1, -0.05) is 71.9 Å². The van der Waals surface area contributed by atoms with E-state index >= 15 is 0 Å². The number of thioether (sulfide) groups is 1. The molecule has 0 saturated heterocycles. The molecule has 0 saturated carbocycles. The van der Waals surface area contributed by atoms with Crippen LogP contribution in [0.5, 0.6) is 0 Å². The van der Waals surface area contributed by atoms with Crippen LogP contribution in [0.2, 0.25) is 0 Å². The first-order valence-electron chi connectivity index (χ1n) is 10.2. The molecule has 26 heavy (non-hydrogen) atoms. The fourth-order valence-electron chi connectivity index (χ4n) is 2.62. The summed E-state index contributed by atoms with van der Waals surface area (Å²) in [5.41, 5.74) is 4.57. The van der Waals surface area contributed by atoms with Gasteiger partial charge in [-0.05, 0) is 54.7 Å². The van der Waals surface area contributed by atoms with Gasteiger partial charge in [0.25, 0.3) is 0 Å². The first-order valence-corrected chi connectivity index (χ1v) is 11.2. The summed E-state index contributed by atoms with van der Waals surface area (Å²) < 4.78 is 0. The Balaban J connectivity index is 0.000000357. The van der Waals surface area contributed by atoms with E-state index in [-0.39, 0.29) is 1.43 Å². The monoisotopic (exact) mass is 375 g/mol. The van der Waals surface area contributed by atoms with Crippen LogP contribution < -0.4 is 5.32 Å². The largest absolute Gasteiger partial charge is 0.388 e. The first-order chi connectivity index (χ1) is 12.4. The summed E-state index contributed by atoms with van der Waals surface area (Å²) in [6, 6.07) is 8.64. The molecule has 2 heteroatoms. The van der Waals surface area contributed by atoms with E-state index in [4.69, 9.17) is 0 Å². The third-order valence-electron chi connectivity index (χ3n) is 3.60. The van der Waals surface area contributed by atoms with E-state index in [9.17, 15) is 0 Å². The lowest BCUT2D eigenvalue weighted by atomic mass is 10.0. The van der Waals surface area contributed by atoms with Crippen LogP contribution in [-0.4, -0.2) is 12.3 Å². The van der Waals surface area contributed by atoms with Crippen molar-refractivity contribution in [2.75, 3.05) is 12.3 Å². The van der Waals surface area contributed by atoms with Gasteiger partial charge >= 0.3 is 0 Å². The van der Waals surface area contributed by atoms with Crippen LogP contribution in [0.3, 0.4) is 0 Å². The molecule has 0 radical (unpaired) electrons. The van der Waals surface area contributed by atoms with Crippen molar-refractivity contribution in [3.63, 3.8) is 0 Å². The normalized spacial score (nSPS) is 16.5. The number of benzene rings is 1. The Hall–Kier alpha value is -1.15. The summed E-state index contributed by atoms with van der Waals surface area (Å²) in [5, 5.41) is 3.39. The van der Waals surface area contributed by atoms with Crippen molar-refractivity contribution in [3.8, 4) is 0 Å². The molecule has 0 amide bonds. The van der Waals surface area contributed by atoms with Gasteiger partial charge in [-0.25, -0.2) is 0 Å². The van der Waals surface area contributed by atoms with E-state index in [2.05, 4.69) is 83.3 Å². The highest BCUT2D eigenvalue weighted by atomic mass is 32.2. The molecule has 1 aromatic rings. The summed E-state index contributed by atoms with van der Waals surface area (Å²) in [6.45, 7) is 14.2. The highest BCUT2D eigenvalue weighted by molar-refractivity contribution is 7.99. The van der Waals surface area contributed by atoms with Gasteiger partial charge < -0.3 is 5.32 Å². The van der Waals surface area contributed by atoms with E-state index in [1.807, 2.05) is 11.8 Å². The van der Waals surface area contributed by atoms with Gasteiger partial charge in [0, 0.05) is 24.3 Å². The second kappa shape index (κ2) is 13.1. The van der Waals surface area contributed by atoms with Crippen molar-refractivity contribution < 1.29 is 1.43 Å². The summed E-state index contributed by atoms with van der Waals surface area (Å²) in [7, 11) is 0. The minimum absolute atomic E-state index is 0. The first kappa shape index (κ1) is 22.9. The molecule has 0 atom stereocenters. The maximum absolute atomic E-state index is 3.39. The Morgan fingerprint density at radius 2 is 1.58 bits per heavy atom. The molecule has 148 valence electrons. The molecule has 0 unspecified atom stereocenters. The lowest BCUT2D eigenvalue weighted by Gasteiger charge is -2.06. The van der Waals surface area contributed by atoms with E-state index < -0.39 is 0 Å². The molecule has 1 aliphatic carbocycles. The number of nitrogens with one attached hydrogen (secondary N) is 1. The van der Waals surface area contributed by atoms with E-state index in [0.29, 0.717) is 0 Å². The molecule has 0 bridgehead atoms. The summed E-state index contributed by atoms with van der Waals surface area (Å²) in [4.78, 5) is 1.48. The Morgan fingerprint density at radius 3 is 2.19 bits per heavy atom. The van der Waals surface area contributed by atoms with Gasteiger partial charge in [-0.2, -0.15) is 0 Å². The van der Waals surface area contributed by atoms with Crippen LogP contribution in [0.4, 0.5) is 0 Å². The zero-order valence-corrected chi connectivity index (χ0v) is 18.6. The Bertz CT molecular complexity index is 541. The average molecular weight is 376 g/mol. The second-order valence-corrected chi connectivity index (χ2v) is 9.43. The van der Waals surface area contributed by atoms with E-state index in [0.717, 1.165) is 18.4 Å². The van der Waals surface area contributed by atoms with Gasteiger partial charge in [0.1, 0.15) is 0 Å². The average Bonchev–Trinajstić information content (AvgIpc) is 3.23. The van der Waals surface area contributed by atoms with Crippen LogP contribution >= 0.6 is 11.8 Å². The van der Waals surface area contributed by atoms with Crippen molar-refractivity contribution in [3.05, 3.63) is 53.3 Å². The number of allylic oxidation sites excluding steroid dienone is 3. The smallest absolute Gasteiger partial charge is 0.0185 e. The predicted molar refractivity (Wildman–Crippen MR) is 122 cm³/mol. The highest BCUT2D eigenvalue weighted by Gasteiger charge is 2.12. The maximum Gasteiger partial charge on any atom is 0.0185 e. The third-order valence-corrected chi connectivity index (χ3v) is 4.72. The predicted octanol–water partition coefficient (Wildman–Crippen LogP) is 7.49. The van der Waals surface area contributed by atoms with Crippen LogP contribution in [0.15, 0.2) is 52.6 Å². The van der Waals surface area contributed by atoms with Crippen LogP contribution in [0, 0.1) is 11.8 Å². The van der Waals surface area contributed by atoms with Gasteiger partial charge in [-0.3, -0.25) is 0 Å². The lowest BCUT2D eigenvalue weighted by Crippen LogP contribution is -2.07. The molecule has 0 fully saturated rings. The Morgan fingerprint density at radius 1 is 0.923 bits per heavy atom. The van der Waals surface area contributed by atoms with Crippen molar-refractivity contribution in [2.24, 2.45) is 11.8 Å². The van der Waals surface area contributed by atoms with Gasteiger partial charge in [0.2, 0.25) is 0 Å². The van der Waals surface area contributed by atoms with E-state index in [1.54, 1.807) is 5.57 Å². The molecule has 0 aromatic heterocycles. The van der Waals surface area contributed by atoms with Gasteiger partial charge in [-0.15, -0.1) is 11.8 Å². The molecule has 0 spiro atoms. The van der Waals surface area contributed by atoms with Crippen molar-refractivity contribution in [1.82, 2.24) is 5.32 Å². The number of rotatable bonds is 0. The SMILES string of the molecule is C1=CC2=C(CC1)NCC2.CC(C)C.CC(C)C.[HH].c1ccc2c(c1)CCS2. The van der Waals surface area contributed by atoms with Crippen molar-refractivity contribution in [1.29, 1.82) is 0 Å². The molecular formula is C24H41NS. The molecule has 1 N–H and O–H groups in total. The van der Waals surface area contributed by atoms with E-state index in [1.165, 1.54) is 47.6 Å². The van der Waals surface area contributed by atoms with Gasteiger partial charge in [0.05, 0.1) is 0 Å². The quantitative estimate of drug-likeness (QED) is 0.504. The molecule has 1 nitrogen and oxygen atoms in total. The maximum atomic E-state index is 3.39. The second-order valence-electron chi connectivity index (χ2n) is 8.29. The van der Waals surface area contributed by atoms with Crippen LogP contribution in [0.1, 0.15) is 67.8 Å². The Labute approximate surface area is 168 Å². The molecule has 2 aliphatic heterocycles. The van der Waals surface area contributed by atoms with Crippen LogP contribution in [0.25, 0.3) is 0 Å². The minimum atomic E-state index is 0. The fourth-order valence-corrected chi connectivity index (χ4v) is 3.69. The molecular weight excluding hydrogens is 334 g/mol. The molecule has 3 aliphatic rings. The van der Waals surface area contributed by atoms with Crippen molar-refractivity contribution >= 4 is 11.8 Å². The molecule has 4 rings (SSSR count). The number of fused-ring (bicyclic) bond motifs is 1. The minimum Gasteiger partial charge on any atom is -0.388 e. The van der Waals surface area contributed by atoms with Gasteiger partial charge in [0.15, 0.2) is 0 Å². The number of hydrogen-bond donors (Lipinski definition) is 1. The summed E-state index contributed by atoms with van der Waals surface area (Å²) in [5.74, 6) is 2.94. The highest BCUT2D eigenvalue weighted by Crippen LogP contribution is 2.30. The molecule has 2 heterocycles. The lowest BCUT2D eigenvalue weighted by molar-refractivity contribution is 0.736. The summed E-state index contributed by atoms with van der Waals surface area (Å²) >= 11 is 1.97. The standard InChI is InChI=1S/C8H11N.C8H8S.2C4H10.H2/c2*1-2-4-8-7(3-1)5-6-9-8;2*1-4(2)3;/h1,3,9H,2,4-6H2;1-4H,5-6H2;2*4H,1-3H3;1H.